The van der Waals surface area contributed by atoms with Crippen molar-refractivity contribution in [1.82, 2.24) is 15.5 Å². The third-order valence-corrected chi connectivity index (χ3v) is 6.64. The summed E-state index contributed by atoms with van der Waals surface area (Å²) >= 11 is 0. The van der Waals surface area contributed by atoms with E-state index in [0.717, 1.165) is 42.7 Å². The van der Waals surface area contributed by atoms with Gasteiger partial charge in [-0.1, -0.05) is 36.4 Å². The monoisotopic (exact) mass is 409 g/mol. The molecule has 0 aromatic heterocycles. The van der Waals surface area contributed by atoms with E-state index in [4.69, 9.17) is 0 Å². The van der Waals surface area contributed by atoms with Gasteiger partial charge in [0.25, 0.3) is 0 Å². The molecule has 2 N–H and O–H groups in total. The summed E-state index contributed by atoms with van der Waals surface area (Å²) < 4.78 is 13.2. The predicted octanol–water partition coefficient (Wildman–Crippen LogP) is 4.90. The van der Waals surface area contributed by atoms with Crippen molar-refractivity contribution in [3.05, 3.63) is 59.9 Å². The van der Waals surface area contributed by atoms with E-state index in [9.17, 15) is 9.18 Å². The maximum Gasteiger partial charge on any atom is 0.315 e. The van der Waals surface area contributed by atoms with Crippen LogP contribution in [-0.4, -0.2) is 36.1 Å². The van der Waals surface area contributed by atoms with Gasteiger partial charge in [-0.05, 0) is 87.9 Å². The average molecular weight is 410 g/mol. The number of halogens is 1. The minimum absolute atomic E-state index is 0.118. The highest BCUT2D eigenvalue weighted by atomic mass is 19.1. The van der Waals surface area contributed by atoms with Crippen LogP contribution in [0.1, 0.15) is 45.6 Å². The molecule has 1 atom stereocenters. The Labute approximate surface area is 178 Å². The molecular formula is C25H32FN3O. The summed E-state index contributed by atoms with van der Waals surface area (Å²) in [4.78, 5) is 15.4. The maximum absolute atomic E-state index is 13.2. The lowest BCUT2D eigenvalue weighted by Gasteiger charge is -2.35. The van der Waals surface area contributed by atoms with Crippen molar-refractivity contribution in [1.29, 1.82) is 0 Å². The Hall–Kier alpha value is -2.40. The van der Waals surface area contributed by atoms with Crippen molar-refractivity contribution in [3.8, 4) is 11.1 Å². The van der Waals surface area contributed by atoms with E-state index < -0.39 is 5.54 Å². The minimum Gasteiger partial charge on any atom is -0.332 e. The van der Waals surface area contributed by atoms with Gasteiger partial charge in [0.05, 0.1) is 11.1 Å². The first-order chi connectivity index (χ1) is 14.2. The van der Waals surface area contributed by atoms with Crippen molar-refractivity contribution in [2.45, 2.75) is 51.1 Å². The van der Waals surface area contributed by atoms with E-state index >= 15 is 0 Å². The summed E-state index contributed by atoms with van der Waals surface area (Å²) in [5.74, 6) is 0.472. The SMILES string of the molecule is CC1(NC(=O)NC(C)(C)c2ccc(-c3ccc(F)cc3)cc2)CC2CCN(CC2)C1. The van der Waals surface area contributed by atoms with Crippen LogP contribution in [0.3, 0.4) is 0 Å². The van der Waals surface area contributed by atoms with Crippen LogP contribution in [-0.2, 0) is 5.54 Å². The zero-order valence-corrected chi connectivity index (χ0v) is 18.2. The molecule has 0 saturated carbocycles. The van der Waals surface area contributed by atoms with Crippen LogP contribution in [0.4, 0.5) is 9.18 Å². The number of rotatable bonds is 4. The van der Waals surface area contributed by atoms with Gasteiger partial charge in [0.1, 0.15) is 5.82 Å². The Morgan fingerprint density at radius 2 is 1.60 bits per heavy atom. The van der Waals surface area contributed by atoms with E-state index in [1.807, 2.05) is 38.1 Å². The van der Waals surface area contributed by atoms with Gasteiger partial charge >= 0.3 is 6.03 Å². The second-order valence-corrected chi connectivity index (χ2v) is 9.77. The molecule has 0 aliphatic carbocycles. The summed E-state index contributed by atoms with van der Waals surface area (Å²) in [6.45, 7) is 9.42. The third-order valence-electron chi connectivity index (χ3n) is 6.64. The fourth-order valence-electron chi connectivity index (χ4n) is 5.02. The summed E-state index contributed by atoms with van der Waals surface area (Å²) in [5.41, 5.74) is 2.32. The number of urea groups is 1. The van der Waals surface area contributed by atoms with Gasteiger partial charge in [0, 0.05) is 6.54 Å². The van der Waals surface area contributed by atoms with Gasteiger partial charge < -0.3 is 15.5 Å². The zero-order chi connectivity index (χ0) is 21.4. The molecule has 0 radical (unpaired) electrons. The molecule has 160 valence electrons. The highest BCUT2D eigenvalue weighted by Gasteiger charge is 2.38. The largest absolute Gasteiger partial charge is 0.332 e. The maximum atomic E-state index is 13.2. The number of fused-ring (bicyclic) bond motifs is 4. The molecule has 5 heteroatoms. The number of amides is 2. The number of piperidine rings is 1. The number of carbonyl (C=O) groups is 1. The van der Waals surface area contributed by atoms with Crippen molar-refractivity contribution >= 4 is 6.03 Å². The number of benzene rings is 2. The molecule has 3 aliphatic rings. The van der Waals surface area contributed by atoms with Gasteiger partial charge in [-0.15, -0.1) is 0 Å². The molecule has 3 saturated heterocycles. The molecule has 3 aliphatic heterocycles. The first-order valence-corrected chi connectivity index (χ1v) is 10.9. The van der Waals surface area contributed by atoms with Crippen molar-refractivity contribution in [3.63, 3.8) is 0 Å². The number of carbonyl (C=O) groups excluding carboxylic acids is 1. The van der Waals surface area contributed by atoms with Gasteiger partial charge in [0.15, 0.2) is 0 Å². The van der Waals surface area contributed by atoms with Crippen molar-refractivity contribution in [2.75, 3.05) is 19.6 Å². The van der Waals surface area contributed by atoms with Crippen LogP contribution < -0.4 is 10.6 Å². The van der Waals surface area contributed by atoms with E-state index in [-0.39, 0.29) is 17.4 Å². The first kappa shape index (κ1) is 20.9. The first-order valence-electron chi connectivity index (χ1n) is 10.9. The van der Waals surface area contributed by atoms with Crippen LogP contribution in [0.15, 0.2) is 48.5 Å². The summed E-state index contributed by atoms with van der Waals surface area (Å²) in [5, 5.41) is 6.44. The Balaban J connectivity index is 1.42. The average Bonchev–Trinajstić information content (AvgIpc) is 2.95. The zero-order valence-electron chi connectivity index (χ0n) is 18.2. The lowest BCUT2D eigenvalue weighted by atomic mass is 9.87. The Bertz CT molecular complexity index is 870. The quantitative estimate of drug-likeness (QED) is 0.754. The number of nitrogens with one attached hydrogen (secondary N) is 2. The summed E-state index contributed by atoms with van der Waals surface area (Å²) in [6.07, 6.45) is 3.53. The minimum atomic E-state index is -0.508. The lowest BCUT2D eigenvalue weighted by Crippen LogP contribution is -2.57. The van der Waals surface area contributed by atoms with E-state index in [1.165, 1.54) is 25.0 Å². The molecule has 2 aromatic rings. The highest BCUT2D eigenvalue weighted by molar-refractivity contribution is 5.76. The molecule has 1 unspecified atom stereocenters. The molecule has 0 spiro atoms. The Morgan fingerprint density at radius 3 is 2.20 bits per heavy atom. The molecule has 2 aromatic carbocycles. The molecule has 30 heavy (non-hydrogen) atoms. The summed E-state index contributed by atoms with van der Waals surface area (Å²) in [7, 11) is 0. The second kappa shape index (κ2) is 8.03. The molecule has 3 heterocycles. The predicted molar refractivity (Wildman–Crippen MR) is 119 cm³/mol. The lowest BCUT2D eigenvalue weighted by molar-refractivity contribution is 0.192. The number of hydrogen-bond donors (Lipinski definition) is 2. The smallest absolute Gasteiger partial charge is 0.315 e. The van der Waals surface area contributed by atoms with Crippen molar-refractivity contribution < 1.29 is 9.18 Å². The molecule has 4 nitrogen and oxygen atoms in total. The van der Waals surface area contributed by atoms with Crippen LogP contribution in [0.2, 0.25) is 0 Å². The van der Waals surface area contributed by atoms with E-state index in [2.05, 4.69) is 22.5 Å². The van der Waals surface area contributed by atoms with Crippen LogP contribution >= 0.6 is 0 Å². The molecule has 2 amide bonds. The van der Waals surface area contributed by atoms with E-state index in [1.54, 1.807) is 12.1 Å². The number of nitrogens with zero attached hydrogens (tertiary/aromatic N) is 1. The van der Waals surface area contributed by atoms with Gasteiger partial charge in [0.2, 0.25) is 0 Å². The van der Waals surface area contributed by atoms with Crippen LogP contribution in [0, 0.1) is 11.7 Å². The number of hydrogen-bond acceptors (Lipinski definition) is 2. The van der Waals surface area contributed by atoms with Crippen LogP contribution in [0.25, 0.3) is 11.1 Å². The standard InChI is InChI=1S/C25H32FN3O/c1-24(2,21-8-4-19(5-9-21)20-6-10-22(26)11-7-20)27-23(30)28-25(3)16-18-12-14-29(17-25)15-13-18/h4-11,18H,12-17H2,1-3H3,(H2,27,28,30). The fraction of sp³-hybridized carbons (Fsp3) is 0.480. The van der Waals surface area contributed by atoms with Gasteiger partial charge in [-0.3, -0.25) is 0 Å². The van der Waals surface area contributed by atoms with Crippen molar-refractivity contribution in [2.24, 2.45) is 5.92 Å². The summed E-state index contributed by atoms with van der Waals surface area (Å²) in [6, 6.07) is 14.5. The molecule has 3 fully saturated rings. The highest BCUT2D eigenvalue weighted by Crippen LogP contribution is 2.32. The normalized spacial score (nSPS) is 26.1. The fourth-order valence-corrected chi connectivity index (χ4v) is 5.02. The molecular weight excluding hydrogens is 377 g/mol. The topological polar surface area (TPSA) is 44.4 Å². The Morgan fingerprint density at radius 1 is 1.03 bits per heavy atom. The second-order valence-electron chi connectivity index (χ2n) is 9.77. The van der Waals surface area contributed by atoms with E-state index in [0.29, 0.717) is 5.92 Å². The molecule has 5 rings (SSSR count). The Kier molecular flexibility index (Phi) is 5.58. The molecule has 2 bridgehead atoms. The van der Waals surface area contributed by atoms with Crippen LogP contribution in [0.5, 0.6) is 0 Å². The van der Waals surface area contributed by atoms with Gasteiger partial charge in [-0.25, -0.2) is 9.18 Å². The van der Waals surface area contributed by atoms with Gasteiger partial charge in [-0.2, -0.15) is 0 Å². The third kappa shape index (κ3) is 4.67.